The van der Waals surface area contributed by atoms with Gasteiger partial charge in [0, 0.05) is 12.6 Å². The number of aliphatic hydroxyl groups is 1. The first kappa shape index (κ1) is 25.2. The lowest BCUT2D eigenvalue weighted by atomic mass is 9.94. The van der Waals surface area contributed by atoms with Crippen LogP contribution < -0.4 is 14.2 Å². The highest BCUT2D eigenvalue weighted by Gasteiger charge is 2.46. The van der Waals surface area contributed by atoms with Gasteiger partial charge in [-0.1, -0.05) is 37.4 Å². The Kier molecular flexibility index (Phi) is 7.94. The van der Waals surface area contributed by atoms with E-state index in [0.717, 1.165) is 12.8 Å². The minimum Gasteiger partial charge on any atom is -0.507 e. The molecule has 1 heterocycles. The first-order valence-electron chi connectivity index (χ1n) is 10.9. The normalized spacial score (nSPS) is 17.2. The van der Waals surface area contributed by atoms with Crippen molar-refractivity contribution < 1.29 is 34.0 Å². The molecule has 1 aliphatic rings. The van der Waals surface area contributed by atoms with Crippen LogP contribution in [0.15, 0.2) is 35.9 Å². The van der Waals surface area contributed by atoms with Crippen molar-refractivity contribution in [3.05, 3.63) is 52.1 Å². The zero-order valence-electron chi connectivity index (χ0n) is 19.6. The van der Waals surface area contributed by atoms with Gasteiger partial charge in [-0.25, -0.2) is 0 Å². The Bertz CT molecular complexity index is 1130. The maximum Gasteiger partial charge on any atom is 0.295 e. The highest BCUT2D eigenvalue weighted by molar-refractivity contribution is 6.46. The number of rotatable bonds is 9. The van der Waals surface area contributed by atoms with E-state index in [1.165, 1.54) is 44.4 Å². The van der Waals surface area contributed by atoms with E-state index in [-0.39, 0.29) is 39.2 Å². The maximum atomic E-state index is 13.2. The molecule has 1 aliphatic heterocycles. The minimum atomic E-state index is -0.917. The van der Waals surface area contributed by atoms with Gasteiger partial charge in [-0.3, -0.25) is 9.59 Å². The Morgan fingerprint density at radius 1 is 1.00 bits per heavy atom. The molecule has 1 amide bonds. The monoisotopic (exact) mass is 489 g/mol. The first-order valence-corrected chi connectivity index (χ1v) is 11.2. The maximum absolute atomic E-state index is 13.2. The van der Waals surface area contributed by atoms with Crippen LogP contribution >= 0.6 is 11.6 Å². The van der Waals surface area contributed by atoms with Crippen molar-refractivity contribution in [1.82, 2.24) is 4.90 Å². The molecule has 3 rings (SSSR count). The predicted molar refractivity (Wildman–Crippen MR) is 128 cm³/mol. The standard InChI is InChI=1S/C25H28ClNO7/c1-5-6-7-10-27-22(14-8-9-18(32-2)17(28)11-14)21(24(30)25(27)31)23(29)15-12-20(34-4)16(26)13-19(15)33-3/h8-9,11-13,22,28-29H,5-7,10H2,1-4H3/b23-21+. The van der Waals surface area contributed by atoms with Gasteiger partial charge in [-0.2, -0.15) is 0 Å². The Labute approximate surface area is 203 Å². The lowest BCUT2D eigenvalue weighted by Gasteiger charge is -2.26. The molecule has 0 aliphatic carbocycles. The summed E-state index contributed by atoms with van der Waals surface area (Å²) in [5.41, 5.74) is 0.488. The van der Waals surface area contributed by atoms with Gasteiger partial charge < -0.3 is 29.3 Å². The van der Waals surface area contributed by atoms with Gasteiger partial charge in [0.25, 0.3) is 11.7 Å². The molecule has 0 spiro atoms. The number of benzene rings is 2. The highest BCUT2D eigenvalue weighted by Crippen LogP contribution is 2.44. The van der Waals surface area contributed by atoms with Gasteiger partial charge in [-0.05, 0) is 30.2 Å². The van der Waals surface area contributed by atoms with Crippen molar-refractivity contribution in [3.8, 4) is 23.0 Å². The van der Waals surface area contributed by atoms with E-state index in [4.69, 9.17) is 25.8 Å². The summed E-state index contributed by atoms with van der Waals surface area (Å²) in [7, 11) is 4.24. The van der Waals surface area contributed by atoms with Crippen LogP contribution in [0.2, 0.25) is 5.02 Å². The second-order valence-electron chi connectivity index (χ2n) is 7.82. The number of unbranched alkanes of at least 4 members (excludes halogenated alkanes) is 2. The molecule has 0 saturated carbocycles. The van der Waals surface area contributed by atoms with Crippen molar-refractivity contribution in [1.29, 1.82) is 0 Å². The predicted octanol–water partition coefficient (Wildman–Crippen LogP) is 4.68. The van der Waals surface area contributed by atoms with Crippen molar-refractivity contribution in [2.45, 2.75) is 32.2 Å². The van der Waals surface area contributed by atoms with Gasteiger partial charge in [0.05, 0.1) is 43.5 Å². The van der Waals surface area contributed by atoms with Crippen LogP contribution in [0.5, 0.6) is 23.0 Å². The number of Topliss-reactive ketones (excluding diaryl/α,β-unsaturated/α-hetero) is 1. The average molecular weight is 490 g/mol. The van der Waals surface area contributed by atoms with Crippen molar-refractivity contribution in [3.63, 3.8) is 0 Å². The fourth-order valence-corrected chi connectivity index (χ4v) is 4.29. The van der Waals surface area contributed by atoms with E-state index in [1.54, 1.807) is 12.1 Å². The lowest BCUT2D eigenvalue weighted by molar-refractivity contribution is -0.139. The van der Waals surface area contributed by atoms with Gasteiger partial charge in [-0.15, -0.1) is 0 Å². The molecule has 2 aromatic rings. The van der Waals surface area contributed by atoms with Gasteiger partial charge >= 0.3 is 0 Å². The van der Waals surface area contributed by atoms with Gasteiger partial charge in [0.15, 0.2) is 11.5 Å². The topological polar surface area (TPSA) is 106 Å². The van der Waals surface area contributed by atoms with Crippen LogP contribution in [0.25, 0.3) is 5.76 Å². The molecule has 182 valence electrons. The molecule has 0 aromatic heterocycles. The number of ether oxygens (including phenoxy) is 3. The van der Waals surface area contributed by atoms with Crippen LogP contribution in [0.1, 0.15) is 43.4 Å². The van der Waals surface area contributed by atoms with E-state index in [1.807, 2.05) is 6.92 Å². The molecule has 0 bridgehead atoms. The van der Waals surface area contributed by atoms with Crippen molar-refractivity contribution >= 4 is 29.1 Å². The fraction of sp³-hybridized carbons (Fsp3) is 0.360. The molecular weight excluding hydrogens is 462 g/mol. The van der Waals surface area contributed by atoms with E-state index >= 15 is 0 Å². The first-order chi connectivity index (χ1) is 16.3. The Morgan fingerprint density at radius 2 is 1.68 bits per heavy atom. The zero-order chi connectivity index (χ0) is 25.0. The van der Waals surface area contributed by atoms with E-state index in [2.05, 4.69) is 0 Å². The summed E-state index contributed by atoms with van der Waals surface area (Å²) in [6.45, 7) is 2.35. The third kappa shape index (κ3) is 4.63. The number of nitrogens with zero attached hydrogens (tertiary/aromatic N) is 1. The smallest absolute Gasteiger partial charge is 0.295 e. The SMILES string of the molecule is CCCCCN1C(=O)C(=O)/C(=C(/O)c2cc(OC)c(Cl)cc2OC)C1c1ccc(OC)c(O)c1. The molecule has 2 N–H and O–H groups in total. The van der Waals surface area contributed by atoms with Gasteiger partial charge in [0.2, 0.25) is 0 Å². The number of hydrogen-bond donors (Lipinski definition) is 2. The van der Waals surface area contributed by atoms with E-state index < -0.39 is 23.5 Å². The van der Waals surface area contributed by atoms with Crippen LogP contribution in [0, 0.1) is 0 Å². The molecule has 2 aromatic carbocycles. The molecule has 1 unspecified atom stereocenters. The number of carbonyl (C=O) groups excluding carboxylic acids is 2. The number of likely N-dealkylation sites (tertiary alicyclic amines) is 1. The van der Waals surface area contributed by atoms with Crippen molar-refractivity contribution in [2.75, 3.05) is 27.9 Å². The van der Waals surface area contributed by atoms with Crippen LogP contribution in [0.4, 0.5) is 0 Å². The second kappa shape index (κ2) is 10.7. The summed E-state index contributed by atoms with van der Waals surface area (Å²) in [5.74, 6) is -1.41. The van der Waals surface area contributed by atoms with Crippen LogP contribution in [0.3, 0.4) is 0 Å². The summed E-state index contributed by atoms with van der Waals surface area (Å²) < 4.78 is 15.7. The quantitative estimate of drug-likeness (QED) is 0.228. The minimum absolute atomic E-state index is 0.117. The Balaban J connectivity index is 2.24. The van der Waals surface area contributed by atoms with E-state index in [0.29, 0.717) is 18.5 Å². The Hall–Kier alpha value is -3.39. The zero-order valence-corrected chi connectivity index (χ0v) is 20.3. The second-order valence-corrected chi connectivity index (χ2v) is 8.23. The number of amides is 1. The highest BCUT2D eigenvalue weighted by atomic mass is 35.5. The molecule has 34 heavy (non-hydrogen) atoms. The number of carbonyl (C=O) groups is 2. The summed E-state index contributed by atoms with van der Waals surface area (Å²) in [6, 6.07) is 6.61. The number of ketones is 1. The molecule has 8 nitrogen and oxygen atoms in total. The number of aromatic hydroxyl groups is 1. The third-order valence-electron chi connectivity index (χ3n) is 5.79. The summed E-state index contributed by atoms with van der Waals surface area (Å²) in [6.07, 6.45) is 2.48. The molecule has 9 heteroatoms. The third-order valence-corrected chi connectivity index (χ3v) is 6.09. The summed E-state index contributed by atoms with van der Waals surface area (Å²) >= 11 is 6.19. The van der Waals surface area contributed by atoms with Gasteiger partial charge in [0.1, 0.15) is 17.3 Å². The average Bonchev–Trinajstić information content (AvgIpc) is 3.08. The summed E-state index contributed by atoms with van der Waals surface area (Å²) in [4.78, 5) is 27.6. The van der Waals surface area contributed by atoms with E-state index in [9.17, 15) is 19.8 Å². The lowest BCUT2D eigenvalue weighted by Crippen LogP contribution is -2.30. The Morgan fingerprint density at radius 3 is 2.26 bits per heavy atom. The molecule has 1 fully saturated rings. The number of halogens is 1. The van der Waals surface area contributed by atoms with Crippen molar-refractivity contribution in [2.24, 2.45) is 0 Å². The van der Waals surface area contributed by atoms with Crippen LogP contribution in [-0.4, -0.2) is 54.7 Å². The largest absolute Gasteiger partial charge is 0.507 e. The number of phenols is 1. The summed E-state index contributed by atoms with van der Waals surface area (Å²) in [5, 5.41) is 22.0. The molecule has 1 saturated heterocycles. The molecule has 0 radical (unpaired) electrons. The van der Waals surface area contributed by atoms with Crippen LogP contribution in [-0.2, 0) is 9.59 Å². The number of hydrogen-bond acceptors (Lipinski definition) is 7. The number of methoxy groups -OCH3 is 3. The number of aliphatic hydroxyl groups excluding tert-OH is 1. The molecular formula is C25H28ClNO7. The fourth-order valence-electron chi connectivity index (χ4n) is 4.06. The number of phenolic OH excluding ortho intramolecular Hbond substituents is 1. The molecule has 1 atom stereocenters.